The summed E-state index contributed by atoms with van der Waals surface area (Å²) in [6.07, 6.45) is 1.73. The summed E-state index contributed by atoms with van der Waals surface area (Å²) >= 11 is 1.51. The van der Waals surface area contributed by atoms with Crippen LogP contribution in [0.5, 0.6) is 11.5 Å². The molecule has 0 unspecified atom stereocenters. The molecule has 9 heteroatoms. The van der Waals surface area contributed by atoms with Gasteiger partial charge in [0, 0.05) is 24.5 Å². The van der Waals surface area contributed by atoms with Crippen molar-refractivity contribution in [3.8, 4) is 27.8 Å². The number of carbonyl (C=O) groups is 2. The van der Waals surface area contributed by atoms with Gasteiger partial charge in [-0.05, 0) is 42.6 Å². The average Bonchev–Trinajstić information content (AvgIpc) is 3.58. The number of aromatic nitrogens is 2. The van der Waals surface area contributed by atoms with Crippen LogP contribution in [-0.2, 0) is 4.79 Å². The standard InChI is InChI=1S/C26H24N4O4S/c1-2-29(17-24(31)27-18-10-11-21-22(15-18)34-13-12-33-21)26(32)20-16-30(19-7-4-3-5-8-19)28-25(20)23-9-6-14-35-23/h3-11,14-16H,2,12-13,17H2,1H3,(H,27,31). The summed E-state index contributed by atoms with van der Waals surface area (Å²) in [4.78, 5) is 28.8. The van der Waals surface area contributed by atoms with Gasteiger partial charge in [-0.25, -0.2) is 4.68 Å². The molecule has 0 atom stereocenters. The van der Waals surface area contributed by atoms with Gasteiger partial charge >= 0.3 is 0 Å². The number of hydrogen-bond acceptors (Lipinski definition) is 6. The lowest BCUT2D eigenvalue weighted by Crippen LogP contribution is -2.38. The topological polar surface area (TPSA) is 85.7 Å². The van der Waals surface area contributed by atoms with E-state index in [0.717, 1.165) is 10.6 Å². The van der Waals surface area contributed by atoms with Crippen molar-refractivity contribution in [3.05, 3.63) is 77.8 Å². The van der Waals surface area contributed by atoms with E-state index in [2.05, 4.69) is 5.32 Å². The van der Waals surface area contributed by atoms with Crippen molar-refractivity contribution in [1.29, 1.82) is 0 Å². The molecule has 8 nitrogen and oxygen atoms in total. The molecule has 0 fully saturated rings. The number of carbonyl (C=O) groups excluding carboxylic acids is 2. The molecule has 0 aliphatic carbocycles. The molecule has 35 heavy (non-hydrogen) atoms. The van der Waals surface area contributed by atoms with Gasteiger partial charge in [0.2, 0.25) is 5.91 Å². The number of ether oxygens (including phenoxy) is 2. The lowest BCUT2D eigenvalue weighted by Gasteiger charge is -2.21. The smallest absolute Gasteiger partial charge is 0.258 e. The first kappa shape index (κ1) is 22.7. The number of hydrogen-bond donors (Lipinski definition) is 1. The molecule has 4 aromatic rings. The second-order valence-electron chi connectivity index (χ2n) is 7.87. The number of likely N-dealkylation sites (N-methyl/N-ethyl adjacent to an activating group) is 1. The molecule has 2 amide bonds. The number of fused-ring (bicyclic) bond motifs is 1. The predicted octanol–water partition coefficient (Wildman–Crippen LogP) is 4.47. The van der Waals surface area contributed by atoms with Crippen LogP contribution in [0.25, 0.3) is 16.3 Å². The van der Waals surface area contributed by atoms with Crippen LogP contribution in [0.3, 0.4) is 0 Å². The molecule has 0 bridgehead atoms. The average molecular weight is 489 g/mol. The molecule has 0 radical (unpaired) electrons. The van der Waals surface area contributed by atoms with Crippen LogP contribution >= 0.6 is 11.3 Å². The maximum absolute atomic E-state index is 13.6. The summed E-state index contributed by atoms with van der Waals surface area (Å²) in [7, 11) is 0. The van der Waals surface area contributed by atoms with Gasteiger partial charge in [0.1, 0.15) is 25.5 Å². The van der Waals surface area contributed by atoms with E-state index >= 15 is 0 Å². The summed E-state index contributed by atoms with van der Waals surface area (Å²) in [5.41, 5.74) is 2.48. The quantitative estimate of drug-likeness (QED) is 0.415. The van der Waals surface area contributed by atoms with Gasteiger partial charge in [-0.15, -0.1) is 11.3 Å². The Kier molecular flexibility index (Phi) is 6.49. The highest BCUT2D eigenvalue weighted by molar-refractivity contribution is 7.13. The van der Waals surface area contributed by atoms with Crippen molar-refractivity contribution in [2.45, 2.75) is 6.92 Å². The molecule has 2 aromatic heterocycles. The molecule has 178 valence electrons. The first-order valence-electron chi connectivity index (χ1n) is 11.3. The minimum Gasteiger partial charge on any atom is -0.486 e. The van der Waals surface area contributed by atoms with Crippen molar-refractivity contribution in [2.24, 2.45) is 0 Å². The van der Waals surface area contributed by atoms with Crippen molar-refractivity contribution in [3.63, 3.8) is 0 Å². The van der Waals surface area contributed by atoms with Crippen LogP contribution < -0.4 is 14.8 Å². The normalized spacial score (nSPS) is 12.3. The van der Waals surface area contributed by atoms with Crippen LogP contribution in [0.2, 0.25) is 0 Å². The second-order valence-corrected chi connectivity index (χ2v) is 8.82. The number of nitrogens with zero attached hydrogens (tertiary/aromatic N) is 3. The van der Waals surface area contributed by atoms with E-state index in [4.69, 9.17) is 14.6 Å². The van der Waals surface area contributed by atoms with Gasteiger partial charge < -0.3 is 19.7 Å². The van der Waals surface area contributed by atoms with Gasteiger partial charge in [-0.2, -0.15) is 5.10 Å². The van der Waals surface area contributed by atoms with Crippen LogP contribution in [0.4, 0.5) is 5.69 Å². The number of anilines is 1. The molecule has 1 N–H and O–H groups in total. The van der Waals surface area contributed by atoms with E-state index in [-0.39, 0.29) is 18.4 Å². The van der Waals surface area contributed by atoms with Gasteiger partial charge in [0.25, 0.3) is 5.91 Å². The number of thiophene rings is 1. The lowest BCUT2D eigenvalue weighted by molar-refractivity contribution is -0.116. The Morgan fingerprint density at radius 2 is 1.86 bits per heavy atom. The first-order valence-corrected chi connectivity index (χ1v) is 12.2. The van der Waals surface area contributed by atoms with Gasteiger partial charge in [0.15, 0.2) is 11.5 Å². The molecule has 2 aromatic carbocycles. The summed E-state index contributed by atoms with van der Waals surface area (Å²) in [6.45, 7) is 3.09. The lowest BCUT2D eigenvalue weighted by atomic mass is 10.2. The van der Waals surface area contributed by atoms with Crippen molar-refractivity contribution >= 4 is 28.8 Å². The molecular weight excluding hydrogens is 464 g/mol. The summed E-state index contributed by atoms with van der Waals surface area (Å²) in [5.74, 6) is 0.683. The fraction of sp³-hybridized carbons (Fsp3) is 0.192. The van der Waals surface area contributed by atoms with Crippen LogP contribution in [0.15, 0.2) is 72.2 Å². The molecule has 1 aliphatic rings. The van der Waals surface area contributed by atoms with Crippen molar-refractivity contribution in [1.82, 2.24) is 14.7 Å². The first-order chi connectivity index (χ1) is 17.1. The van der Waals surface area contributed by atoms with Crippen LogP contribution in [0.1, 0.15) is 17.3 Å². The van der Waals surface area contributed by atoms with Gasteiger partial charge in [0.05, 0.1) is 16.1 Å². The number of nitrogens with one attached hydrogen (secondary N) is 1. The zero-order valence-corrected chi connectivity index (χ0v) is 20.0. The Balaban J connectivity index is 1.36. The Bertz CT molecular complexity index is 1330. The number of rotatable bonds is 7. The zero-order valence-electron chi connectivity index (χ0n) is 19.1. The zero-order chi connectivity index (χ0) is 24.2. The van der Waals surface area contributed by atoms with E-state index in [1.54, 1.807) is 29.1 Å². The van der Waals surface area contributed by atoms with Crippen molar-refractivity contribution in [2.75, 3.05) is 31.6 Å². The van der Waals surface area contributed by atoms with Gasteiger partial charge in [-0.1, -0.05) is 24.3 Å². The van der Waals surface area contributed by atoms with Gasteiger partial charge in [-0.3, -0.25) is 9.59 Å². The molecule has 3 heterocycles. The Morgan fingerprint density at radius 1 is 1.06 bits per heavy atom. The summed E-state index contributed by atoms with van der Waals surface area (Å²) in [6, 6.07) is 18.7. The van der Waals surface area contributed by atoms with E-state index < -0.39 is 0 Å². The molecule has 0 saturated carbocycles. The fourth-order valence-corrected chi connectivity index (χ4v) is 4.55. The van der Waals surface area contributed by atoms with Crippen molar-refractivity contribution < 1.29 is 19.1 Å². The fourth-order valence-electron chi connectivity index (χ4n) is 3.83. The highest BCUT2D eigenvalue weighted by atomic mass is 32.1. The monoisotopic (exact) mass is 488 g/mol. The van der Waals surface area contributed by atoms with E-state index in [0.29, 0.717) is 48.2 Å². The van der Waals surface area contributed by atoms with E-state index in [1.807, 2.05) is 54.8 Å². The molecule has 0 spiro atoms. The Hall–Kier alpha value is -4.11. The molecule has 1 aliphatic heterocycles. The third kappa shape index (κ3) is 4.90. The maximum atomic E-state index is 13.6. The second kappa shape index (κ2) is 10.0. The van der Waals surface area contributed by atoms with E-state index in [1.165, 1.54) is 16.2 Å². The minimum atomic E-state index is -0.301. The molecular formula is C26H24N4O4S. The maximum Gasteiger partial charge on any atom is 0.258 e. The highest BCUT2D eigenvalue weighted by Gasteiger charge is 2.25. The summed E-state index contributed by atoms with van der Waals surface area (Å²) < 4.78 is 12.8. The highest BCUT2D eigenvalue weighted by Crippen LogP contribution is 2.33. The third-order valence-corrected chi connectivity index (χ3v) is 6.43. The SMILES string of the molecule is CCN(CC(=O)Nc1ccc2c(c1)OCCO2)C(=O)c1cn(-c2ccccc2)nc1-c1cccs1. The number of amides is 2. The molecule has 0 saturated heterocycles. The number of benzene rings is 2. The van der Waals surface area contributed by atoms with Crippen LogP contribution in [-0.4, -0.2) is 52.8 Å². The molecule has 5 rings (SSSR count). The van der Waals surface area contributed by atoms with Crippen LogP contribution in [0, 0.1) is 0 Å². The van der Waals surface area contributed by atoms with E-state index in [9.17, 15) is 9.59 Å². The minimum absolute atomic E-state index is 0.0931. The number of para-hydroxylation sites is 1. The summed E-state index contributed by atoms with van der Waals surface area (Å²) in [5, 5.41) is 9.50. The Labute approximate surface area is 206 Å². The largest absolute Gasteiger partial charge is 0.486 e. The third-order valence-electron chi connectivity index (χ3n) is 5.55. The predicted molar refractivity (Wildman–Crippen MR) is 135 cm³/mol. The Morgan fingerprint density at radius 3 is 2.60 bits per heavy atom.